The van der Waals surface area contributed by atoms with Crippen LogP contribution in [0.1, 0.15) is 41.5 Å². The van der Waals surface area contributed by atoms with Crippen molar-refractivity contribution in [3.63, 3.8) is 0 Å². The standard InChI is InChI=1S/C22H27N7O3/c1-5-9-28-17(11-16-20(28)26(3)22(32)27(4)21(16)31)19(30)23-8-6-7-15-12-24-18-10-14(2)25-29(18)13-15/h10-13H,5-9H2,1-4H3,(H,23,30). The smallest absolute Gasteiger partial charge is 0.332 e. The second-order valence-electron chi connectivity index (χ2n) is 8.03. The number of hydrogen-bond acceptors (Lipinski definition) is 5. The molecule has 4 aromatic heterocycles. The van der Waals surface area contributed by atoms with Crippen LogP contribution in [0.25, 0.3) is 16.7 Å². The quantitative estimate of drug-likeness (QED) is 0.437. The molecule has 168 valence electrons. The monoisotopic (exact) mass is 437 g/mol. The average molecular weight is 438 g/mol. The Balaban J connectivity index is 1.51. The van der Waals surface area contributed by atoms with Gasteiger partial charge in [0.1, 0.15) is 11.3 Å². The average Bonchev–Trinajstić information content (AvgIpc) is 3.33. The molecule has 0 bridgehead atoms. The van der Waals surface area contributed by atoms with Gasteiger partial charge in [0.25, 0.3) is 11.5 Å². The molecule has 1 amide bonds. The zero-order chi connectivity index (χ0) is 23.0. The molecule has 0 atom stereocenters. The number of amides is 1. The van der Waals surface area contributed by atoms with Crippen LogP contribution in [-0.4, -0.2) is 40.8 Å². The Labute approximate surface area is 184 Å². The molecule has 4 aromatic rings. The predicted molar refractivity (Wildman–Crippen MR) is 121 cm³/mol. The van der Waals surface area contributed by atoms with E-state index in [1.807, 2.05) is 32.3 Å². The van der Waals surface area contributed by atoms with Gasteiger partial charge in [0.2, 0.25) is 0 Å². The summed E-state index contributed by atoms with van der Waals surface area (Å²) < 4.78 is 6.00. The van der Waals surface area contributed by atoms with Crippen molar-refractivity contribution < 1.29 is 4.79 Å². The zero-order valence-corrected chi connectivity index (χ0v) is 18.8. The first-order chi connectivity index (χ1) is 15.3. The Morgan fingerprint density at radius 2 is 1.94 bits per heavy atom. The lowest BCUT2D eigenvalue weighted by Gasteiger charge is -2.12. The van der Waals surface area contributed by atoms with E-state index >= 15 is 0 Å². The Morgan fingerprint density at radius 3 is 2.69 bits per heavy atom. The van der Waals surface area contributed by atoms with Gasteiger partial charge in [-0.05, 0) is 37.8 Å². The van der Waals surface area contributed by atoms with E-state index in [-0.39, 0.29) is 5.91 Å². The van der Waals surface area contributed by atoms with Crippen molar-refractivity contribution in [1.82, 2.24) is 33.6 Å². The van der Waals surface area contributed by atoms with Crippen LogP contribution >= 0.6 is 0 Å². The third kappa shape index (κ3) is 3.72. The molecule has 0 radical (unpaired) electrons. The second-order valence-corrected chi connectivity index (χ2v) is 8.03. The van der Waals surface area contributed by atoms with Gasteiger partial charge in [-0.3, -0.25) is 18.7 Å². The number of hydrogen-bond donors (Lipinski definition) is 1. The molecule has 0 spiro atoms. The summed E-state index contributed by atoms with van der Waals surface area (Å²) in [6.07, 6.45) is 6.01. The highest BCUT2D eigenvalue weighted by Crippen LogP contribution is 2.16. The van der Waals surface area contributed by atoms with Crippen molar-refractivity contribution in [3.8, 4) is 0 Å². The van der Waals surface area contributed by atoms with Crippen molar-refractivity contribution in [2.75, 3.05) is 6.54 Å². The Bertz CT molecular complexity index is 1440. The summed E-state index contributed by atoms with van der Waals surface area (Å²) in [5.41, 5.74) is 2.80. The molecule has 0 unspecified atom stereocenters. The highest BCUT2D eigenvalue weighted by atomic mass is 16.2. The molecule has 0 aliphatic carbocycles. The first-order valence-electron chi connectivity index (χ1n) is 10.7. The fourth-order valence-corrected chi connectivity index (χ4v) is 4.03. The lowest BCUT2D eigenvalue weighted by Crippen LogP contribution is -2.37. The maximum absolute atomic E-state index is 12.9. The molecule has 1 N–H and O–H groups in total. The van der Waals surface area contributed by atoms with Gasteiger partial charge < -0.3 is 9.88 Å². The molecule has 0 saturated carbocycles. The summed E-state index contributed by atoms with van der Waals surface area (Å²) in [7, 11) is 3.06. The predicted octanol–water partition coefficient (Wildman–Crippen LogP) is 1.16. The maximum Gasteiger partial charge on any atom is 0.332 e. The van der Waals surface area contributed by atoms with Gasteiger partial charge in [0.05, 0.1) is 11.1 Å². The van der Waals surface area contributed by atoms with Crippen LogP contribution < -0.4 is 16.6 Å². The van der Waals surface area contributed by atoms with Crippen LogP contribution in [0.5, 0.6) is 0 Å². The summed E-state index contributed by atoms with van der Waals surface area (Å²) >= 11 is 0. The summed E-state index contributed by atoms with van der Waals surface area (Å²) in [5.74, 6) is -0.263. The molecule has 4 heterocycles. The van der Waals surface area contributed by atoms with Crippen molar-refractivity contribution in [1.29, 1.82) is 0 Å². The van der Waals surface area contributed by atoms with Gasteiger partial charge in [-0.25, -0.2) is 14.3 Å². The van der Waals surface area contributed by atoms with E-state index in [2.05, 4.69) is 15.4 Å². The number of fused-ring (bicyclic) bond motifs is 2. The zero-order valence-electron chi connectivity index (χ0n) is 18.8. The van der Waals surface area contributed by atoms with Gasteiger partial charge in [0.15, 0.2) is 5.65 Å². The highest BCUT2D eigenvalue weighted by Gasteiger charge is 2.20. The minimum absolute atomic E-state index is 0.263. The molecule has 0 aliphatic rings. The largest absolute Gasteiger partial charge is 0.351 e. The van der Waals surface area contributed by atoms with Crippen LogP contribution in [-0.2, 0) is 27.1 Å². The molecule has 0 fully saturated rings. The second kappa shape index (κ2) is 8.45. The van der Waals surface area contributed by atoms with Crippen LogP contribution in [0.15, 0.2) is 34.1 Å². The first-order valence-corrected chi connectivity index (χ1v) is 10.7. The van der Waals surface area contributed by atoms with Gasteiger partial charge in [0, 0.05) is 45.6 Å². The van der Waals surface area contributed by atoms with Gasteiger partial charge >= 0.3 is 5.69 Å². The molecule has 32 heavy (non-hydrogen) atoms. The van der Waals surface area contributed by atoms with E-state index in [1.165, 1.54) is 11.6 Å². The minimum Gasteiger partial charge on any atom is -0.351 e. The van der Waals surface area contributed by atoms with Crippen molar-refractivity contribution in [3.05, 3.63) is 62.3 Å². The Kier molecular flexibility index (Phi) is 5.68. The fraction of sp³-hybridized carbons (Fsp3) is 0.409. The third-order valence-electron chi connectivity index (χ3n) is 5.59. The molecule has 0 aliphatic heterocycles. The molecular formula is C22H27N7O3. The summed E-state index contributed by atoms with van der Waals surface area (Å²) in [6.45, 7) is 4.91. The Morgan fingerprint density at radius 1 is 1.16 bits per heavy atom. The van der Waals surface area contributed by atoms with Crippen LogP contribution in [0.4, 0.5) is 0 Å². The van der Waals surface area contributed by atoms with Crippen LogP contribution in [0, 0.1) is 6.92 Å². The maximum atomic E-state index is 12.9. The lowest BCUT2D eigenvalue weighted by molar-refractivity contribution is 0.0944. The molecule has 0 saturated heterocycles. The molecule has 4 rings (SSSR count). The van der Waals surface area contributed by atoms with Crippen molar-refractivity contribution in [2.45, 2.75) is 39.7 Å². The highest BCUT2D eigenvalue weighted by molar-refractivity contribution is 5.97. The fourth-order valence-electron chi connectivity index (χ4n) is 4.03. The molecule has 10 nitrogen and oxygen atoms in total. The number of nitrogens with zero attached hydrogens (tertiary/aromatic N) is 6. The minimum atomic E-state index is -0.414. The van der Waals surface area contributed by atoms with E-state index in [9.17, 15) is 14.4 Å². The van der Waals surface area contributed by atoms with Crippen LogP contribution in [0.2, 0.25) is 0 Å². The summed E-state index contributed by atoms with van der Waals surface area (Å²) in [4.78, 5) is 42.3. The number of carbonyl (C=O) groups is 1. The normalized spacial score (nSPS) is 11.5. The Hall–Kier alpha value is -3.69. The third-order valence-corrected chi connectivity index (χ3v) is 5.59. The van der Waals surface area contributed by atoms with Crippen molar-refractivity contribution >= 4 is 22.6 Å². The number of carbonyl (C=O) groups excluding carboxylic acids is 1. The molecule has 10 heteroatoms. The van der Waals surface area contributed by atoms with Gasteiger partial charge in [-0.2, -0.15) is 5.10 Å². The first kappa shape index (κ1) is 21.5. The molecule has 0 aromatic carbocycles. The van der Waals surface area contributed by atoms with Gasteiger partial charge in [-0.15, -0.1) is 0 Å². The summed E-state index contributed by atoms with van der Waals surface area (Å²) in [5, 5.41) is 7.68. The topological polar surface area (TPSA) is 108 Å². The number of rotatable bonds is 7. The lowest BCUT2D eigenvalue weighted by atomic mass is 10.2. The SMILES string of the molecule is CCCn1c(C(=O)NCCCc2cnc3cc(C)nn3c2)cc2c(=O)n(C)c(=O)n(C)c21. The van der Waals surface area contributed by atoms with E-state index in [1.54, 1.807) is 22.2 Å². The van der Waals surface area contributed by atoms with Crippen molar-refractivity contribution in [2.24, 2.45) is 14.1 Å². The van der Waals surface area contributed by atoms with Gasteiger partial charge in [-0.1, -0.05) is 6.92 Å². The van der Waals surface area contributed by atoms with E-state index in [4.69, 9.17) is 0 Å². The number of nitrogens with one attached hydrogen (secondary N) is 1. The van der Waals surface area contributed by atoms with E-state index in [0.29, 0.717) is 29.8 Å². The number of aryl methyl sites for hydroxylation is 4. The summed E-state index contributed by atoms with van der Waals surface area (Å²) in [6, 6.07) is 3.50. The van der Waals surface area contributed by atoms with E-state index < -0.39 is 11.2 Å². The number of aromatic nitrogens is 6. The van der Waals surface area contributed by atoms with Crippen LogP contribution in [0.3, 0.4) is 0 Å². The molecular weight excluding hydrogens is 410 g/mol. The van der Waals surface area contributed by atoms with E-state index in [0.717, 1.165) is 40.7 Å².